The zero-order valence-corrected chi connectivity index (χ0v) is 6.86. The molecule has 74 valence electrons. The van der Waals surface area contributed by atoms with Crippen molar-refractivity contribution in [3.63, 3.8) is 0 Å². The second-order valence-electron chi connectivity index (χ2n) is 2.51. The van der Waals surface area contributed by atoms with Crippen LogP contribution in [-0.4, -0.2) is 15.0 Å². The highest BCUT2D eigenvalue weighted by atomic mass is 16.7. The van der Waals surface area contributed by atoms with Crippen LogP contribution in [0.5, 0.6) is 0 Å². The van der Waals surface area contributed by atoms with Crippen molar-refractivity contribution in [2.75, 3.05) is 0 Å². The first-order chi connectivity index (χ1) is 6.52. The molecule has 1 rings (SSSR count). The lowest BCUT2D eigenvalue weighted by atomic mass is 10.2. The second-order valence-corrected chi connectivity index (χ2v) is 2.51. The fourth-order valence-electron chi connectivity index (χ4n) is 0.921. The summed E-state index contributed by atoms with van der Waals surface area (Å²) in [6, 6.07) is 4.68. The minimum Gasteiger partial charge on any atom is -0.329 e. The Kier molecular flexibility index (Phi) is 2.73. The maximum atomic E-state index is 10.3. The fraction of sp³-hybridized carbons (Fsp3) is 0.143. The number of benzene rings is 1. The van der Waals surface area contributed by atoms with Gasteiger partial charge in [-0.25, -0.2) is 0 Å². The SMILES string of the molecule is O=[N+]([O-])c1cccc(C(O)[N+](=O)[O-])c1. The Morgan fingerprint density at radius 2 is 1.93 bits per heavy atom. The minimum atomic E-state index is -1.92. The molecule has 1 N–H and O–H groups in total. The Morgan fingerprint density at radius 1 is 1.29 bits per heavy atom. The standard InChI is InChI=1S/C7H6N2O5/c10-7(9(13)14)5-2-1-3-6(4-5)8(11)12/h1-4,7,10H. The normalized spacial score (nSPS) is 12.1. The largest absolute Gasteiger partial charge is 0.339 e. The molecule has 0 aliphatic carbocycles. The first kappa shape index (κ1) is 10.1. The van der Waals surface area contributed by atoms with E-state index in [1.807, 2.05) is 0 Å². The summed E-state index contributed by atoms with van der Waals surface area (Å²) >= 11 is 0. The number of nitro groups is 2. The summed E-state index contributed by atoms with van der Waals surface area (Å²) in [5.74, 6) is 0. The van der Waals surface area contributed by atoms with E-state index in [2.05, 4.69) is 0 Å². The molecule has 14 heavy (non-hydrogen) atoms. The van der Waals surface area contributed by atoms with Crippen LogP contribution < -0.4 is 0 Å². The Labute approximate surface area is 77.9 Å². The molecule has 1 unspecified atom stereocenters. The third-order valence-electron chi connectivity index (χ3n) is 1.58. The van der Waals surface area contributed by atoms with Gasteiger partial charge in [0.25, 0.3) is 5.69 Å². The van der Waals surface area contributed by atoms with Crippen molar-refractivity contribution in [2.24, 2.45) is 0 Å². The summed E-state index contributed by atoms with van der Waals surface area (Å²) in [6.07, 6.45) is -1.92. The Balaban J connectivity index is 3.05. The van der Waals surface area contributed by atoms with Crippen molar-refractivity contribution < 1.29 is 15.0 Å². The number of nitro benzene ring substituents is 1. The van der Waals surface area contributed by atoms with E-state index in [1.165, 1.54) is 18.2 Å². The maximum Gasteiger partial charge on any atom is 0.339 e. The number of nitrogens with zero attached hydrogens (tertiary/aromatic N) is 2. The van der Waals surface area contributed by atoms with E-state index < -0.39 is 16.1 Å². The van der Waals surface area contributed by atoms with Crippen LogP contribution in [0.3, 0.4) is 0 Å². The van der Waals surface area contributed by atoms with Crippen molar-refractivity contribution in [3.05, 3.63) is 50.1 Å². The van der Waals surface area contributed by atoms with E-state index >= 15 is 0 Å². The lowest BCUT2D eigenvalue weighted by molar-refractivity contribution is -0.578. The molecule has 0 spiro atoms. The van der Waals surface area contributed by atoms with Crippen molar-refractivity contribution in [3.8, 4) is 0 Å². The highest BCUT2D eigenvalue weighted by Gasteiger charge is 2.20. The summed E-state index contributed by atoms with van der Waals surface area (Å²) in [4.78, 5) is 18.9. The lowest BCUT2D eigenvalue weighted by Crippen LogP contribution is -2.09. The first-order valence-electron chi connectivity index (χ1n) is 3.58. The van der Waals surface area contributed by atoms with Gasteiger partial charge < -0.3 is 5.11 Å². The van der Waals surface area contributed by atoms with Gasteiger partial charge in [0.15, 0.2) is 0 Å². The molecule has 0 aliphatic heterocycles. The quantitative estimate of drug-likeness (QED) is 0.440. The molecule has 0 amide bonds. The molecule has 0 aromatic heterocycles. The number of rotatable bonds is 3. The van der Waals surface area contributed by atoms with Crippen LogP contribution >= 0.6 is 0 Å². The van der Waals surface area contributed by atoms with Crippen LogP contribution in [0.2, 0.25) is 0 Å². The monoisotopic (exact) mass is 198 g/mol. The summed E-state index contributed by atoms with van der Waals surface area (Å²) < 4.78 is 0. The summed E-state index contributed by atoms with van der Waals surface area (Å²) in [5, 5.41) is 29.4. The molecular formula is C7H6N2O5. The number of aliphatic hydroxyl groups excluding tert-OH is 1. The van der Waals surface area contributed by atoms with Gasteiger partial charge in [-0.05, 0) is 6.07 Å². The zero-order valence-electron chi connectivity index (χ0n) is 6.86. The predicted octanol–water partition coefficient (Wildman–Crippen LogP) is 0.862. The maximum absolute atomic E-state index is 10.3. The molecular weight excluding hydrogens is 192 g/mol. The third kappa shape index (κ3) is 2.02. The van der Waals surface area contributed by atoms with Gasteiger partial charge in [0.2, 0.25) is 0 Å². The van der Waals surface area contributed by atoms with Crippen LogP contribution in [0.25, 0.3) is 0 Å². The molecule has 0 heterocycles. The lowest BCUT2D eigenvalue weighted by Gasteiger charge is -2.01. The summed E-state index contributed by atoms with van der Waals surface area (Å²) in [7, 11) is 0. The molecule has 0 aliphatic rings. The topological polar surface area (TPSA) is 107 Å². The van der Waals surface area contributed by atoms with Crippen LogP contribution in [0.1, 0.15) is 11.8 Å². The first-order valence-corrected chi connectivity index (χ1v) is 3.58. The van der Waals surface area contributed by atoms with Crippen molar-refractivity contribution in [1.29, 1.82) is 0 Å². The van der Waals surface area contributed by atoms with Crippen LogP contribution in [0, 0.1) is 20.2 Å². The van der Waals surface area contributed by atoms with Crippen LogP contribution in [0.15, 0.2) is 24.3 Å². The van der Waals surface area contributed by atoms with Gasteiger partial charge in [-0.15, -0.1) is 0 Å². The Hall–Kier alpha value is -2.02. The predicted molar refractivity (Wildman–Crippen MR) is 45.1 cm³/mol. The van der Waals surface area contributed by atoms with Gasteiger partial charge in [0.05, 0.1) is 15.4 Å². The van der Waals surface area contributed by atoms with Crippen molar-refractivity contribution >= 4 is 5.69 Å². The van der Waals surface area contributed by atoms with E-state index in [0.717, 1.165) is 6.07 Å². The molecule has 1 aromatic rings. The molecule has 1 aromatic carbocycles. The molecule has 7 nitrogen and oxygen atoms in total. The average Bonchev–Trinajstić information content (AvgIpc) is 2.16. The molecule has 0 bridgehead atoms. The number of hydrogen-bond acceptors (Lipinski definition) is 5. The zero-order chi connectivity index (χ0) is 10.7. The van der Waals surface area contributed by atoms with Gasteiger partial charge in [-0.3, -0.25) is 20.2 Å². The smallest absolute Gasteiger partial charge is 0.329 e. The van der Waals surface area contributed by atoms with Gasteiger partial charge in [-0.2, -0.15) is 0 Å². The minimum absolute atomic E-state index is 0.107. The van der Waals surface area contributed by atoms with Crippen LogP contribution in [-0.2, 0) is 0 Å². The third-order valence-corrected chi connectivity index (χ3v) is 1.58. The Bertz CT molecular complexity index is 378. The molecule has 7 heteroatoms. The van der Waals surface area contributed by atoms with Gasteiger partial charge >= 0.3 is 6.23 Å². The van der Waals surface area contributed by atoms with E-state index in [0.29, 0.717) is 0 Å². The van der Waals surface area contributed by atoms with E-state index in [4.69, 9.17) is 5.11 Å². The van der Waals surface area contributed by atoms with Crippen molar-refractivity contribution in [2.45, 2.75) is 6.23 Å². The second kappa shape index (κ2) is 3.79. The van der Waals surface area contributed by atoms with Gasteiger partial charge in [-0.1, -0.05) is 6.07 Å². The molecule has 0 saturated heterocycles. The van der Waals surface area contributed by atoms with Crippen molar-refractivity contribution in [1.82, 2.24) is 0 Å². The van der Waals surface area contributed by atoms with E-state index in [1.54, 1.807) is 0 Å². The van der Waals surface area contributed by atoms with Crippen LogP contribution in [0.4, 0.5) is 5.69 Å². The average molecular weight is 198 g/mol. The van der Waals surface area contributed by atoms with Gasteiger partial charge in [0.1, 0.15) is 0 Å². The summed E-state index contributed by atoms with van der Waals surface area (Å²) in [6.45, 7) is 0. The number of non-ortho nitro benzene ring substituents is 1. The highest BCUT2D eigenvalue weighted by molar-refractivity contribution is 5.34. The summed E-state index contributed by atoms with van der Waals surface area (Å²) in [5.41, 5.74) is -0.396. The van der Waals surface area contributed by atoms with E-state index in [9.17, 15) is 20.2 Å². The molecule has 0 saturated carbocycles. The molecule has 1 atom stereocenters. The van der Waals surface area contributed by atoms with E-state index in [-0.39, 0.29) is 11.3 Å². The fourth-order valence-corrected chi connectivity index (χ4v) is 0.921. The molecule has 0 radical (unpaired) electrons. The number of aliphatic hydroxyl groups is 1. The Morgan fingerprint density at radius 3 is 2.43 bits per heavy atom. The number of hydrogen-bond donors (Lipinski definition) is 1. The van der Waals surface area contributed by atoms with Gasteiger partial charge in [0, 0.05) is 12.1 Å². The highest BCUT2D eigenvalue weighted by Crippen LogP contribution is 2.19. The molecule has 0 fully saturated rings.